The molecule has 3 heteroatoms. The number of nitrogen functional groups attached to an aromatic ring is 1. The monoisotopic (exact) mass is 188 g/mol. The maximum absolute atomic E-state index is 5.67. The molecule has 0 atom stereocenters. The molecule has 0 aliphatic carbocycles. The molecule has 0 saturated carbocycles. The SMILES string of the molecule is CCc1coc(-c2cccc(N)c2)n1. The Balaban J connectivity index is 2.39. The lowest BCUT2D eigenvalue weighted by Gasteiger charge is -1.96. The number of hydrogen-bond donors (Lipinski definition) is 1. The van der Waals surface area contributed by atoms with Crippen LogP contribution >= 0.6 is 0 Å². The number of anilines is 1. The van der Waals surface area contributed by atoms with Gasteiger partial charge in [0.25, 0.3) is 0 Å². The standard InChI is InChI=1S/C11H12N2O/c1-2-10-7-14-11(13-10)8-4-3-5-9(12)6-8/h3-7H,2,12H2,1H3. The van der Waals surface area contributed by atoms with Crippen LogP contribution < -0.4 is 5.73 Å². The normalized spacial score (nSPS) is 10.4. The highest BCUT2D eigenvalue weighted by atomic mass is 16.3. The highest BCUT2D eigenvalue weighted by Gasteiger charge is 2.04. The Hall–Kier alpha value is -1.77. The molecule has 1 heterocycles. The summed E-state index contributed by atoms with van der Waals surface area (Å²) in [6.07, 6.45) is 2.56. The van der Waals surface area contributed by atoms with Crippen molar-refractivity contribution in [3.05, 3.63) is 36.2 Å². The number of aromatic nitrogens is 1. The maximum atomic E-state index is 5.67. The summed E-state index contributed by atoms with van der Waals surface area (Å²) in [7, 11) is 0. The van der Waals surface area contributed by atoms with Gasteiger partial charge in [-0.2, -0.15) is 0 Å². The van der Waals surface area contributed by atoms with Gasteiger partial charge < -0.3 is 10.2 Å². The summed E-state index contributed by atoms with van der Waals surface area (Å²) in [4.78, 5) is 4.32. The van der Waals surface area contributed by atoms with Crippen LogP contribution in [0.3, 0.4) is 0 Å². The van der Waals surface area contributed by atoms with Gasteiger partial charge in [-0.25, -0.2) is 4.98 Å². The summed E-state index contributed by atoms with van der Waals surface area (Å²) >= 11 is 0. The van der Waals surface area contributed by atoms with Gasteiger partial charge in [-0.3, -0.25) is 0 Å². The number of benzene rings is 1. The van der Waals surface area contributed by atoms with Crippen LogP contribution in [0.4, 0.5) is 5.69 Å². The van der Waals surface area contributed by atoms with Crippen LogP contribution in [-0.4, -0.2) is 4.98 Å². The first-order valence-electron chi connectivity index (χ1n) is 4.60. The van der Waals surface area contributed by atoms with E-state index < -0.39 is 0 Å². The van der Waals surface area contributed by atoms with Gasteiger partial charge in [0.05, 0.1) is 5.69 Å². The van der Waals surface area contributed by atoms with Crippen molar-refractivity contribution in [1.82, 2.24) is 4.98 Å². The second-order valence-electron chi connectivity index (χ2n) is 3.12. The summed E-state index contributed by atoms with van der Waals surface area (Å²) in [5.74, 6) is 0.633. The van der Waals surface area contributed by atoms with E-state index >= 15 is 0 Å². The van der Waals surface area contributed by atoms with Crippen molar-refractivity contribution >= 4 is 5.69 Å². The number of rotatable bonds is 2. The van der Waals surface area contributed by atoms with Gasteiger partial charge in [0.15, 0.2) is 0 Å². The second kappa shape index (κ2) is 3.54. The molecule has 2 N–H and O–H groups in total. The lowest BCUT2D eigenvalue weighted by atomic mass is 10.2. The van der Waals surface area contributed by atoms with Crippen LogP contribution in [0, 0.1) is 0 Å². The van der Waals surface area contributed by atoms with E-state index in [0.29, 0.717) is 5.89 Å². The lowest BCUT2D eigenvalue weighted by Crippen LogP contribution is -1.85. The van der Waals surface area contributed by atoms with Crippen LogP contribution in [0.25, 0.3) is 11.5 Å². The first-order valence-corrected chi connectivity index (χ1v) is 4.60. The third-order valence-electron chi connectivity index (χ3n) is 2.05. The van der Waals surface area contributed by atoms with Gasteiger partial charge in [0, 0.05) is 11.3 Å². The molecule has 0 saturated heterocycles. The van der Waals surface area contributed by atoms with Gasteiger partial charge in [-0.05, 0) is 24.6 Å². The quantitative estimate of drug-likeness (QED) is 0.736. The molecule has 0 unspecified atom stereocenters. The summed E-state index contributed by atoms with van der Waals surface area (Å²) in [5.41, 5.74) is 8.27. The molecule has 1 aromatic heterocycles. The van der Waals surface area contributed by atoms with E-state index in [0.717, 1.165) is 23.4 Å². The molecule has 3 nitrogen and oxygen atoms in total. The van der Waals surface area contributed by atoms with Gasteiger partial charge in [-0.15, -0.1) is 0 Å². The number of nitrogens with two attached hydrogens (primary N) is 1. The molecular formula is C11H12N2O. The topological polar surface area (TPSA) is 52.0 Å². The van der Waals surface area contributed by atoms with Crippen molar-refractivity contribution < 1.29 is 4.42 Å². The third-order valence-corrected chi connectivity index (χ3v) is 2.05. The second-order valence-corrected chi connectivity index (χ2v) is 3.12. The van der Waals surface area contributed by atoms with Gasteiger partial charge in [0.1, 0.15) is 6.26 Å². The van der Waals surface area contributed by atoms with E-state index in [1.807, 2.05) is 31.2 Å². The smallest absolute Gasteiger partial charge is 0.226 e. The molecule has 14 heavy (non-hydrogen) atoms. The molecule has 2 aromatic rings. The molecule has 0 radical (unpaired) electrons. The number of nitrogens with zero attached hydrogens (tertiary/aromatic N) is 1. The fourth-order valence-electron chi connectivity index (χ4n) is 1.27. The molecule has 0 fully saturated rings. The molecule has 1 aromatic carbocycles. The van der Waals surface area contributed by atoms with Crippen molar-refractivity contribution in [2.45, 2.75) is 13.3 Å². The van der Waals surface area contributed by atoms with E-state index in [1.165, 1.54) is 0 Å². The molecule has 0 aliphatic heterocycles. The summed E-state index contributed by atoms with van der Waals surface area (Å²) < 4.78 is 5.33. The van der Waals surface area contributed by atoms with E-state index in [-0.39, 0.29) is 0 Å². The summed E-state index contributed by atoms with van der Waals surface area (Å²) in [6, 6.07) is 7.51. The van der Waals surface area contributed by atoms with Crippen LogP contribution in [0.15, 0.2) is 34.9 Å². The average molecular weight is 188 g/mol. The van der Waals surface area contributed by atoms with Gasteiger partial charge >= 0.3 is 0 Å². The van der Waals surface area contributed by atoms with E-state index in [1.54, 1.807) is 6.26 Å². The lowest BCUT2D eigenvalue weighted by molar-refractivity contribution is 0.573. The zero-order valence-corrected chi connectivity index (χ0v) is 8.03. The fourth-order valence-corrected chi connectivity index (χ4v) is 1.27. The Labute approximate surface area is 82.6 Å². The Morgan fingerprint density at radius 1 is 1.43 bits per heavy atom. The van der Waals surface area contributed by atoms with E-state index in [9.17, 15) is 0 Å². The Morgan fingerprint density at radius 2 is 2.29 bits per heavy atom. The zero-order chi connectivity index (χ0) is 9.97. The fraction of sp³-hybridized carbons (Fsp3) is 0.182. The molecule has 2 rings (SSSR count). The first kappa shape index (κ1) is 8.81. The highest BCUT2D eigenvalue weighted by molar-refractivity contribution is 5.59. The van der Waals surface area contributed by atoms with Crippen LogP contribution in [0.5, 0.6) is 0 Å². The third kappa shape index (κ3) is 1.62. The largest absolute Gasteiger partial charge is 0.444 e. The van der Waals surface area contributed by atoms with Crippen LogP contribution in [0.2, 0.25) is 0 Å². The number of oxazole rings is 1. The predicted octanol–water partition coefficient (Wildman–Crippen LogP) is 2.49. The molecule has 0 amide bonds. The van der Waals surface area contributed by atoms with Crippen LogP contribution in [-0.2, 0) is 6.42 Å². The minimum atomic E-state index is 0.633. The molecular weight excluding hydrogens is 176 g/mol. The minimum absolute atomic E-state index is 0.633. The summed E-state index contributed by atoms with van der Waals surface area (Å²) in [5, 5.41) is 0. The predicted molar refractivity (Wildman–Crippen MR) is 55.7 cm³/mol. The molecule has 0 bridgehead atoms. The van der Waals surface area contributed by atoms with E-state index in [2.05, 4.69) is 4.98 Å². The minimum Gasteiger partial charge on any atom is -0.444 e. The maximum Gasteiger partial charge on any atom is 0.226 e. The Kier molecular flexibility index (Phi) is 2.23. The van der Waals surface area contributed by atoms with Crippen LogP contribution in [0.1, 0.15) is 12.6 Å². The van der Waals surface area contributed by atoms with Crippen molar-refractivity contribution in [3.8, 4) is 11.5 Å². The van der Waals surface area contributed by atoms with Crippen molar-refractivity contribution in [1.29, 1.82) is 0 Å². The zero-order valence-electron chi connectivity index (χ0n) is 8.03. The number of aryl methyl sites for hydroxylation is 1. The molecule has 72 valence electrons. The van der Waals surface area contributed by atoms with Crippen molar-refractivity contribution in [3.63, 3.8) is 0 Å². The average Bonchev–Trinajstić information content (AvgIpc) is 2.66. The van der Waals surface area contributed by atoms with Crippen molar-refractivity contribution in [2.24, 2.45) is 0 Å². The number of hydrogen-bond acceptors (Lipinski definition) is 3. The Morgan fingerprint density at radius 3 is 2.93 bits per heavy atom. The van der Waals surface area contributed by atoms with Crippen molar-refractivity contribution in [2.75, 3.05) is 5.73 Å². The van der Waals surface area contributed by atoms with Gasteiger partial charge in [0.2, 0.25) is 5.89 Å². The molecule has 0 aliphatic rings. The summed E-state index contributed by atoms with van der Waals surface area (Å²) in [6.45, 7) is 2.04. The Bertz CT molecular complexity index is 434. The highest BCUT2D eigenvalue weighted by Crippen LogP contribution is 2.20. The van der Waals surface area contributed by atoms with Gasteiger partial charge in [-0.1, -0.05) is 13.0 Å². The molecule has 0 spiro atoms. The van der Waals surface area contributed by atoms with E-state index in [4.69, 9.17) is 10.2 Å². The first-order chi connectivity index (χ1) is 6.79.